The second kappa shape index (κ2) is 10.0. The van der Waals surface area contributed by atoms with E-state index in [1.807, 2.05) is 26.0 Å². The number of benzene rings is 2. The molecule has 2 aromatic rings. The van der Waals surface area contributed by atoms with Gasteiger partial charge >= 0.3 is 6.18 Å². The van der Waals surface area contributed by atoms with Crippen molar-refractivity contribution in [1.29, 1.82) is 0 Å². The summed E-state index contributed by atoms with van der Waals surface area (Å²) in [6, 6.07) is 10.9. The van der Waals surface area contributed by atoms with E-state index in [-0.39, 0.29) is 24.1 Å². The second-order valence-corrected chi connectivity index (χ2v) is 11.7. The van der Waals surface area contributed by atoms with E-state index < -0.39 is 32.8 Å². The molecule has 184 valence electrons. The quantitative estimate of drug-likeness (QED) is 0.527. The number of likely N-dealkylation sites (N-methyl/N-ethyl adjacent to an activating group) is 1. The lowest BCUT2D eigenvalue weighted by Gasteiger charge is -2.31. The van der Waals surface area contributed by atoms with E-state index in [0.29, 0.717) is 12.0 Å². The molecule has 0 aliphatic heterocycles. The maximum absolute atomic E-state index is 13.4. The maximum atomic E-state index is 13.4. The van der Waals surface area contributed by atoms with Crippen molar-refractivity contribution in [3.8, 4) is 0 Å². The molecule has 5 nitrogen and oxygen atoms in total. The topological polar surface area (TPSA) is 69.6 Å². The molecule has 10 heteroatoms. The number of hydrogen-bond acceptors (Lipinski definition) is 4. The molecule has 2 N–H and O–H groups in total. The lowest BCUT2D eigenvalue weighted by molar-refractivity contribution is -0.139. The fourth-order valence-electron chi connectivity index (χ4n) is 4.60. The van der Waals surface area contributed by atoms with Crippen LogP contribution < -0.4 is 10.8 Å². The van der Waals surface area contributed by atoms with Gasteiger partial charge in [0.25, 0.3) is 0 Å². The van der Waals surface area contributed by atoms with Crippen molar-refractivity contribution in [2.45, 2.75) is 55.8 Å². The molecular weight excluding hydrogens is 464 g/mol. The van der Waals surface area contributed by atoms with Crippen LogP contribution in [0.1, 0.15) is 37.0 Å². The smallest absolute Gasteiger partial charge is 0.390 e. The first-order chi connectivity index (χ1) is 15.7. The van der Waals surface area contributed by atoms with Gasteiger partial charge in [0, 0.05) is 25.7 Å². The van der Waals surface area contributed by atoms with E-state index in [4.69, 9.17) is 7.85 Å². The zero-order valence-corrected chi connectivity index (χ0v) is 20.4. The van der Waals surface area contributed by atoms with Gasteiger partial charge in [0.2, 0.25) is 10.0 Å². The minimum absolute atomic E-state index is 0.0976. The van der Waals surface area contributed by atoms with Gasteiger partial charge in [-0.05, 0) is 56.2 Å². The molecule has 3 rings (SSSR count). The Morgan fingerprint density at radius 2 is 1.74 bits per heavy atom. The third kappa shape index (κ3) is 6.41. The number of halogens is 3. The Balaban J connectivity index is 1.59. The predicted octanol–water partition coefficient (Wildman–Crippen LogP) is 2.65. The number of nitrogens with zero attached hydrogens (tertiary/aromatic N) is 1. The van der Waals surface area contributed by atoms with Crippen LogP contribution in [0.15, 0.2) is 47.4 Å². The summed E-state index contributed by atoms with van der Waals surface area (Å²) in [6.07, 6.45) is -3.14. The Bertz CT molecular complexity index is 1100. The van der Waals surface area contributed by atoms with Crippen molar-refractivity contribution in [3.05, 3.63) is 59.2 Å². The Morgan fingerprint density at radius 3 is 2.29 bits per heavy atom. The SMILES string of the molecule is [B]c1ccc(S(=O)(=O)N(C)C[C@H](O)CNC(C)(C)CC2Cc3ccccc3C2)c(C(F)(F)F)c1. The monoisotopic (exact) mass is 494 g/mol. The van der Waals surface area contributed by atoms with Crippen LogP contribution in [-0.4, -0.2) is 57.5 Å². The van der Waals surface area contributed by atoms with Crippen LogP contribution in [0.5, 0.6) is 0 Å². The number of β-amino-alcohol motifs (C(OH)–C–C–N with tert-alkyl or cyclic N) is 1. The average molecular weight is 494 g/mol. The van der Waals surface area contributed by atoms with Crippen LogP contribution in [0.3, 0.4) is 0 Å². The van der Waals surface area contributed by atoms with Crippen LogP contribution >= 0.6 is 0 Å². The molecule has 1 atom stereocenters. The molecule has 2 aromatic carbocycles. The largest absolute Gasteiger partial charge is 0.417 e. The van der Waals surface area contributed by atoms with Crippen molar-refractivity contribution >= 4 is 23.3 Å². The summed E-state index contributed by atoms with van der Waals surface area (Å²) < 4.78 is 66.6. The maximum Gasteiger partial charge on any atom is 0.417 e. The normalized spacial score (nSPS) is 16.1. The molecule has 0 spiro atoms. The van der Waals surface area contributed by atoms with Gasteiger partial charge in [-0.2, -0.15) is 17.5 Å². The van der Waals surface area contributed by atoms with Crippen LogP contribution in [-0.2, 0) is 29.0 Å². The number of fused-ring (bicyclic) bond motifs is 1. The molecule has 2 radical (unpaired) electrons. The number of sulfonamides is 1. The van der Waals surface area contributed by atoms with Crippen molar-refractivity contribution < 1.29 is 26.7 Å². The number of aliphatic hydroxyl groups excluding tert-OH is 1. The van der Waals surface area contributed by atoms with E-state index >= 15 is 0 Å². The third-order valence-electron chi connectivity index (χ3n) is 6.22. The summed E-state index contributed by atoms with van der Waals surface area (Å²) in [5.41, 5.74) is 0.884. The van der Waals surface area contributed by atoms with Gasteiger partial charge in [-0.25, -0.2) is 8.42 Å². The fourth-order valence-corrected chi connectivity index (χ4v) is 6.00. The molecule has 34 heavy (non-hydrogen) atoms. The number of rotatable bonds is 9. The first-order valence-corrected chi connectivity index (χ1v) is 12.6. The molecule has 0 aromatic heterocycles. The van der Waals surface area contributed by atoms with Gasteiger partial charge in [-0.3, -0.25) is 0 Å². The lowest BCUT2D eigenvalue weighted by atomic mass is 9.88. The predicted molar refractivity (Wildman–Crippen MR) is 127 cm³/mol. The highest BCUT2D eigenvalue weighted by atomic mass is 32.2. The van der Waals surface area contributed by atoms with Crippen molar-refractivity contribution in [2.24, 2.45) is 5.92 Å². The third-order valence-corrected chi connectivity index (χ3v) is 8.10. The first-order valence-electron chi connectivity index (χ1n) is 11.1. The minimum atomic E-state index is -4.89. The number of aliphatic hydroxyl groups is 1. The molecule has 1 aliphatic carbocycles. The summed E-state index contributed by atoms with van der Waals surface area (Å²) in [5, 5.41) is 13.7. The first kappa shape index (κ1) is 26.7. The number of alkyl halides is 3. The summed E-state index contributed by atoms with van der Waals surface area (Å²) >= 11 is 0. The van der Waals surface area contributed by atoms with E-state index in [9.17, 15) is 26.7 Å². The zero-order chi connectivity index (χ0) is 25.3. The van der Waals surface area contributed by atoms with Crippen molar-refractivity contribution in [3.63, 3.8) is 0 Å². The van der Waals surface area contributed by atoms with E-state index in [1.165, 1.54) is 11.1 Å². The zero-order valence-electron chi connectivity index (χ0n) is 19.6. The van der Waals surface area contributed by atoms with Gasteiger partial charge in [0.1, 0.15) is 7.85 Å². The molecule has 1 aliphatic rings. The molecular formula is C24H30BF3N2O3S. The van der Waals surface area contributed by atoms with E-state index in [0.717, 1.165) is 42.7 Å². The molecule has 0 unspecified atom stereocenters. The highest BCUT2D eigenvalue weighted by Gasteiger charge is 2.38. The van der Waals surface area contributed by atoms with Crippen LogP contribution in [0.25, 0.3) is 0 Å². The highest BCUT2D eigenvalue weighted by Crippen LogP contribution is 2.35. The van der Waals surface area contributed by atoms with Crippen LogP contribution in [0.2, 0.25) is 0 Å². The standard InChI is InChI=1S/C24H30BF3N2O3S/c1-23(2,13-16-10-17-6-4-5-7-18(17)11-16)29-14-20(31)15-30(3)34(32,33)22-9-8-19(25)12-21(22)24(26,27)28/h4-9,12,16,20,29,31H,10-11,13-15H2,1-3H3/t20-/m1/s1. The van der Waals surface area contributed by atoms with Crippen LogP contribution in [0, 0.1) is 5.92 Å². The Kier molecular flexibility index (Phi) is 7.87. The van der Waals surface area contributed by atoms with Gasteiger partial charge in [-0.1, -0.05) is 41.9 Å². The Hall–Kier alpha value is -1.88. The van der Waals surface area contributed by atoms with Crippen molar-refractivity contribution in [1.82, 2.24) is 9.62 Å². The van der Waals surface area contributed by atoms with Gasteiger partial charge < -0.3 is 10.4 Å². The molecule has 0 bridgehead atoms. The Morgan fingerprint density at radius 1 is 1.15 bits per heavy atom. The molecule has 0 saturated heterocycles. The molecule has 0 heterocycles. The van der Waals surface area contributed by atoms with Gasteiger partial charge in [0.15, 0.2) is 0 Å². The fraction of sp³-hybridized carbons (Fsp3) is 0.500. The molecule has 0 saturated carbocycles. The van der Waals surface area contributed by atoms with E-state index in [1.54, 1.807) is 0 Å². The molecule has 0 amide bonds. The summed E-state index contributed by atoms with van der Waals surface area (Å²) in [7, 11) is 2.08. The van der Waals surface area contributed by atoms with Crippen LogP contribution in [0.4, 0.5) is 13.2 Å². The summed E-state index contributed by atoms with van der Waals surface area (Å²) in [6.45, 7) is 3.78. The Labute approximate surface area is 200 Å². The summed E-state index contributed by atoms with van der Waals surface area (Å²) in [5.74, 6) is 0.464. The minimum Gasteiger partial charge on any atom is -0.390 e. The second-order valence-electron chi connectivity index (χ2n) is 9.70. The van der Waals surface area contributed by atoms with Gasteiger partial charge in [-0.15, -0.1) is 0 Å². The number of hydrogen-bond donors (Lipinski definition) is 2. The van der Waals surface area contributed by atoms with Gasteiger partial charge in [0.05, 0.1) is 16.6 Å². The van der Waals surface area contributed by atoms with Crippen molar-refractivity contribution in [2.75, 3.05) is 20.1 Å². The molecule has 0 fully saturated rings. The summed E-state index contributed by atoms with van der Waals surface area (Å²) in [4.78, 5) is -0.891. The van der Waals surface area contributed by atoms with E-state index in [2.05, 4.69) is 17.4 Å². The average Bonchev–Trinajstić information content (AvgIpc) is 3.13. The number of nitrogens with one attached hydrogen (secondary N) is 1. The highest BCUT2D eigenvalue weighted by molar-refractivity contribution is 7.89. The lowest BCUT2D eigenvalue weighted by Crippen LogP contribution is -2.47.